The molecule has 0 bridgehead atoms. The van der Waals surface area contributed by atoms with Crippen LogP contribution in [-0.4, -0.2) is 41.8 Å². The van der Waals surface area contributed by atoms with E-state index in [1.807, 2.05) is 12.1 Å². The van der Waals surface area contributed by atoms with Crippen molar-refractivity contribution in [2.45, 2.75) is 11.6 Å². The SMILES string of the molecule is COc1ccc(NC(=O)CSc2ncccc2C(=O)NCc2cccnc2)c(OC)c1. The number of methoxy groups -OCH3 is 2. The Morgan fingerprint density at radius 2 is 1.90 bits per heavy atom. The zero-order valence-electron chi connectivity index (χ0n) is 17.1. The molecule has 0 radical (unpaired) electrons. The lowest BCUT2D eigenvalue weighted by Crippen LogP contribution is -2.24. The maximum absolute atomic E-state index is 12.6. The van der Waals surface area contributed by atoms with Gasteiger partial charge in [0, 0.05) is 31.2 Å². The summed E-state index contributed by atoms with van der Waals surface area (Å²) < 4.78 is 10.5. The van der Waals surface area contributed by atoms with Crippen molar-refractivity contribution in [3.63, 3.8) is 0 Å². The molecule has 2 heterocycles. The van der Waals surface area contributed by atoms with Gasteiger partial charge in [0.15, 0.2) is 0 Å². The van der Waals surface area contributed by atoms with Gasteiger partial charge in [0.1, 0.15) is 16.5 Å². The fourth-order valence-corrected chi connectivity index (χ4v) is 3.47. The molecule has 2 amide bonds. The quantitative estimate of drug-likeness (QED) is 0.495. The Labute approximate surface area is 184 Å². The van der Waals surface area contributed by atoms with E-state index in [4.69, 9.17) is 9.47 Å². The number of nitrogens with one attached hydrogen (secondary N) is 2. The summed E-state index contributed by atoms with van der Waals surface area (Å²) in [6.45, 7) is 0.351. The van der Waals surface area contributed by atoms with Gasteiger partial charge < -0.3 is 20.1 Å². The van der Waals surface area contributed by atoms with Crippen LogP contribution in [0.5, 0.6) is 11.5 Å². The summed E-state index contributed by atoms with van der Waals surface area (Å²) in [5.74, 6) is 0.679. The van der Waals surface area contributed by atoms with Crippen molar-refractivity contribution in [1.29, 1.82) is 0 Å². The Morgan fingerprint density at radius 1 is 1.06 bits per heavy atom. The average Bonchev–Trinajstić information content (AvgIpc) is 2.82. The van der Waals surface area contributed by atoms with E-state index in [2.05, 4.69) is 20.6 Å². The molecule has 0 aliphatic carbocycles. The number of thioether (sulfide) groups is 1. The third-order valence-electron chi connectivity index (χ3n) is 4.21. The highest BCUT2D eigenvalue weighted by atomic mass is 32.2. The van der Waals surface area contributed by atoms with Crippen LogP contribution in [0.25, 0.3) is 0 Å². The van der Waals surface area contributed by atoms with Crippen LogP contribution in [-0.2, 0) is 11.3 Å². The minimum atomic E-state index is -0.267. The number of amides is 2. The number of rotatable bonds is 9. The van der Waals surface area contributed by atoms with Crippen LogP contribution in [0.3, 0.4) is 0 Å². The van der Waals surface area contributed by atoms with Crippen molar-refractivity contribution in [1.82, 2.24) is 15.3 Å². The number of benzene rings is 1. The number of pyridine rings is 2. The largest absolute Gasteiger partial charge is 0.497 e. The van der Waals surface area contributed by atoms with Gasteiger partial charge >= 0.3 is 0 Å². The molecule has 2 aromatic heterocycles. The van der Waals surface area contributed by atoms with Gasteiger partial charge in [-0.3, -0.25) is 14.6 Å². The second kappa shape index (κ2) is 11.0. The van der Waals surface area contributed by atoms with E-state index < -0.39 is 0 Å². The van der Waals surface area contributed by atoms with Crippen LogP contribution in [0.4, 0.5) is 5.69 Å². The van der Waals surface area contributed by atoms with Crippen LogP contribution in [0.1, 0.15) is 15.9 Å². The molecule has 0 unspecified atom stereocenters. The van der Waals surface area contributed by atoms with Crippen LogP contribution in [0, 0.1) is 0 Å². The first kappa shape index (κ1) is 22.1. The molecule has 0 aliphatic rings. The number of nitrogens with zero attached hydrogens (tertiary/aromatic N) is 2. The molecular weight excluding hydrogens is 416 g/mol. The Hall–Kier alpha value is -3.59. The third kappa shape index (κ3) is 6.19. The first-order chi connectivity index (χ1) is 15.1. The summed E-state index contributed by atoms with van der Waals surface area (Å²) in [6, 6.07) is 12.2. The van der Waals surface area contributed by atoms with E-state index in [0.717, 1.165) is 5.56 Å². The van der Waals surface area contributed by atoms with Gasteiger partial charge in [-0.15, -0.1) is 0 Å². The number of aromatic nitrogens is 2. The number of ether oxygens (including phenoxy) is 2. The van der Waals surface area contributed by atoms with Crippen LogP contribution in [0.15, 0.2) is 66.1 Å². The predicted octanol–water partition coefficient (Wildman–Crippen LogP) is 3.15. The molecule has 2 N–H and O–H groups in total. The maximum Gasteiger partial charge on any atom is 0.254 e. The molecule has 8 nitrogen and oxygen atoms in total. The lowest BCUT2D eigenvalue weighted by atomic mass is 10.2. The molecule has 0 atom stereocenters. The van der Waals surface area contributed by atoms with Gasteiger partial charge in [-0.2, -0.15) is 0 Å². The summed E-state index contributed by atoms with van der Waals surface area (Å²) in [5, 5.41) is 6.13. The minimum absolute atomic E-state index is 0.0785. The summed E-state index contributed by atoms with van der Waals surface area (Å²) in [4.78, 5) is 33.3. The first-order valence-electron chi connectivity index (χ1n) is 9.37. The number of carbonyl (C=O) groups excluding carboxylic acids is 2. The van der Waals surface area contributed by atoms with Crippen LogP contribution < -0.4 is 20.1 Å². The first-order valence-corrected chi connectivity index (χ1v) is 10.4. The van der Waals surface area contributed by atoms with E-state index in [0.29, 0.717) is 34.3 Å². The highest BCUT2D eigenvalue weighted by molar-refractivity contribution is 8.00. The average molecular weight is 439 g/mol. The predicted molar refractivity (Wildman–Crippen MR) is 119 cm³/mol. The summed E-state index contributed by atoms with van der Waals surface area (Å²) in [5.41, 5.74) is 1.83. The highest BCUT2D eigenvalue weighted by Gasteiger charge is 2.15. The van der Waals surface area contributed by atoms with Gasteiger partial charge in [0.05, 0.1) is 31.2 Å². The van der Waals surface area contributed by atoms with E-state index in [9.17, 15) is 9.59 Å². The number of hydrogen-bond donors (Lipinski definition) is 2. The summed E-state index contributed by atoms with van der Waals surface area (Å²) in [6.07, 6.45) is 4.95. The van der Waals surface area contributed by atoms with Gasteiger partial charge in [-0.25, -0.2) is 4.98 Å². The molecule has 0 spiro atoms. The third-order valence-corrected chi connectivity index (χ3v) is 5.22. The topological polar surface area (TPSA) is 102 Å². The fourth-order valence-electron chi connectivity index (χ4n) is 2.68. The summed E-state index contributed by atoms with van der Waals surface area (Å²) >= 11 is 1.18. The van der Waals surface area contributed by atoms with Crippen LogP contribution >= 0.6 is 11.8 Å². The zero-order valence-corrected chi connectivity index (χ0v) is 17.9. The number of anilines is 1. The van der Waals surface area contributed by atoms with Gasteiger partial charge in [0.2, 0.25) is 5.91 Å². The van der Waals surface area contributed by atoms with Gasteiger partial charge in [0.25, 0.3) is 5.91 Å². The molecule has 3 aromatic rings. The number of carbonyl (C=O) groups is 2. The van der Waals surface area contributed by atoms with E-state index in [-0.39, 0.29) is 17.6 Å². The van der Waals surface area contributed by atoms with Crippen molar-refractivity contribution in [3.8, 4) is 11.5 Å². The lowest BCUT2D eigenvalue weighted by molar-refractivity contribution is -0.113. The highest BCUT2D eigenvalue weighted by Crippen LogP contribution is 2.29. The molecular formula is C22H22N4O4S. The Bertz CT molecular complexity index is 1050. The van der Waals surface area contributed by atoms with E-state index in [1.165, 1.54) is 18.9 Å². The monoisotopic (exact) mass is 438 g/mol. The van der Waals surface area contributed by atoms with Crippen molar-refractivity contribution in [2.75, 3.05) is 25.3 Å². The van der Waals surface area contributed by atoms with Crippen molar-refractivity contribution >= 4 is 29.3 Å². The maximum atomic E-state index is 12.6. The van der Waals surface area contributed by atoms with Gasteiger partial charge in [-0.1, -0.05) is 17.8 Å². The standard InChI is InChI=1S/C22H22N4O4S/c1-29-16-7-8-18(19(11-16)30-2)26-20(27)14-31-22-17(6-4-10-24-22)21(28)25-13-15-5-3-9-23-12-15/h3-12H,13-14H2,1-2H3,(H,25,28)(H,26,27). The fraction of sp³-hybridized carbons (Fsp3) is 0.182. The molecule has 0 fully saturated rings. The van der Waals surface area contributed by atoms with Crippen molar-refractivity contribution < 1.29 is 19.1 Å². The van der Waals surface area contributed by atoms with Gasteiger partial charge in [-0.05, 0) is 35.9 Å². The van der Waals surface area contributed by atoms with E-state index >= 15 is 0 Å². The lowest BCUT2D eigenvalue weighted by Gasteiger charge is -2.12. The Kier molecular flexibility index (Phi) is 7.83. The normalized spacial score (nSPS) is 10.3. The molecule has 0 saturated carbocycles. The molecule has 9 heteroatoms. The molecule has 0 aliphatic heterocycles. The Morgan fingerprint density at radius 3 is 2.65 bits per heavy atom. The van der Waals surface area contributed by atoms with E-state index in [1.54, 1.807) is 56.0 Å². The molecule has 3 rings (SSSR count). The zero-order chi connectivity index (χ0) is 22.1. The van der Waals surface area contributed by atoms with Crippen molar-refractivity contribution in [2.24, 2.45) is 0 Å². The van der Waals surface area contributed by atoms with Crippen LogP contribution in [0.2, 0.25) is 0 Å². The smallest absolute Gasteiger partial charge is 0.254 e. The molecule has 0 saturated heterocycles. The Balaban J connectivity index is 1.60. The summed E-state index contributed by atoms with van der Waals surface area (Å²) in [7, 11) is 3.07. The molecule has 31 heavy (non-hydrogen) atoms. The minimum Gasteiger partial charge on any atom is -0.497 e. The molecule has 1 aromatic carbocycles. The second-order valence-corrected chi connectivity index (χ2v) is 7.27. The molecule has 160 valence electrons. The van der Waals surface area contributed by atoms with Crippen molar-refractivity contribution in [3.05, 3.63) is 72.2 Å². The number of hydrogen-bond acceptors (Lipinski definition) is 7. The second-order valence-electron chi connectivity index (χ2n) is 6.30.